The van der Waals surface area contributed by atoms with Gasteiger partial charge < -0.3 is 4.74 Å². The van der Waals surface area contributed by atoms with Crippen LogP contribution in [-0.4, -0.2) is 18.4 Å². The number of hydrogen-bond donors (Lipinski definition) is 2. The molecule has 3 N–H and O–H groups in total. The lowest BCUT2D eigenvalue weighted by molar-refractivity contribution is 0.413. The summed E-state index contributed by atoms with van der Waals surface area (Å²) in [6, 6.07) is 13.9. The van der Waals surface area contributed by atoms with Gasteiger partial charge in [0.1, 0.15) is 23.7 Å². The van der Waals surface area contributed by atoms with Crippen LogP contribution in [0, 0.1) is 11.2 Å². The van der Waals surface area contributed by atoms with Crippen molar-refractivity contribution in [2.24, 2.45) is 5.84 Å². The second-order valence-electron chi connectivity index (χ2n) is 5.86. The second-order valence-corrected chi connectivity index (χ2v) is 6.30. The van der Waals surface area contributed by atoms with E-state index in [0.717, 1.165) is 16.9 Å². The smallest absolute Gasteiger partial charge is 0.148 e. The number of methoxy groups -OCH3 is 1. The van der Waals surface area contributed by atoms with Gasteiger partial charge in [-0.1, -0.05) is 35.9 Å². The maximum Gasteiger partial charge on any atom is 0.148 e. The molecular formula is C20H18ClFN4O. The number of anilines is 1. The summed E-state index contributed by atoms with van der Waals surface area (Å²) in [5.41, 5.74) is 2.35. The van der Waals surface area contributed by atoms with Crippen LogP contribution < -0.4 is 15.6 Å². The Morgan fingerprint density at radius 3 is 2.70 bits per heavy atom. The molecule has 0 spiro atoms. The molecule has 0 unspecified atom stereocenters. The number of ether oxygens (including phenoxy) is 1. The number of rotatable bonds is 6. The fourth-order valence-electron chi connectivity index (χ4n) is 2.78. The quantitative estimate of drug-likeness (QED) is 0.285. The molecule has 0 radical (unpaired) electrons. The summed E-state index contributed by atoms with van der Waals surface area (Å²) >= 11 is 6.06. The maximum atomic E-state index is 15.3. The van der Waals surface area contributed by atoms with E-state index in [-0.39, 0.29) is 5.82 Å². The molecule has 138 valence electrons. The second kappa shape index (κ2) is 8.16. The zero-order valence-corrected chi connectivity index (χ0v) is 15.4. The van der Waals surface area contributed by atoms with Crippen LogP contribution in [0.2, 0.25) is 5.02 Å². The molecule has 0 atom stereocenters. The molecule has 27 heavy (non-hydrogen) atoms. The molecule has 0 fully saturated rings. The van der Waals surface area contributed by atoms with Crippen LogP contribution in [0.3, 0.4) is 0 Å². The maximum absolute atomic E-state index is 15.3. The molecule has 0 saturated heterocycles. The Balaban J connectivity index is 1.97. The highest BCUT2D eigenvalue weighted by molar-refractivity contribution is 6.30. The Bertz CT molecular complexity index is 963. The van der Waals surface area contributed by atoms with Crippen molar-refractivity contribution in [3.8, 4) is 16.9 Å². The van der Waals surface area contributed by atoms with Gasteiger partial charge in [0, 0.05) is 17.6 Å². The van der Waals surface area contributed by atoms with Crippen LogP contribution in [0.4, 0.5) is 10.2 Å². The average Bonchev–Trinajstić information content (AvgIpc) is 2.69. The van der Waals surface area contributed by atoms with Gasteiger partial charge in [-0.2, -0.15) is 0 Å². The molecule has 1 heterocycles. The highest BCUT2D eigenvalue weighted by Crippen LogP contribution is 2.36. The van der Waals surface area contributed by atoms with Crippen LogP contribution in [-0.2, 0) is 6.42 Å². The van der Waals surface area contributed by atoms with Gasteiger partial charge in [-0.05, 0) is 41.0 Å². The summed E-state index contributed by atoms with van der Waals surface area (Å²) in [7, 11) is 1.51. The molecular weight excluding hydrogens is 367 g/mol. The van der Waals surface area contributed by atoms with Crippen LogP contribution in [0.1, 0.15) is 11.1 Å². The number of halogens is 2. The van der Waals surface area contributed by atoms with Crippen molar-refractivity contribution in [3.05, 3.63) is 76.7 Å². The van der Waals surface area contributed by atoms with Crippen molar-refractivity contribution in [2.75, 3.05) is 12.1 Å². The van der Waals surface area contributed by atoms with E-state index in [1.165, 1.54) is 7.11 Å². The predicted molar refractivity (Wildman–Crippen MR) is 106 cm³/mol. The fraction of sp³-hybridized carbons (Fsp3) is 0.100. The molecule has 0 aliphatic rings. The third-order valence-electron chi connectivity index (χ3n) is 4.12. The normalized spacial score (nSPS) is 10.5. The number of hydrogen-bond acceptors (Lipinski definition) is 4. The third kappa shape index (κ3) is 4.07. The predicted octanol–water partition coefficient (Wildman–Crippen LogP) is 4.43. The minimum atomic E-state index is -0.361. The van der Waals surface area contributed by atoms with E-state index in [0.29, 0.717) is 39.7 Å². The first-order chi connectivity index (χ1) is 13.0. The van der Waals surface area contributed by atoms with E-state index in [1.54, 1.807) is 54.7 Å². The SMILES string of the molecule is COc1ccc(Cc2ccc(N(N)C=N)nc2)c(F)c1-c1cccc(Cl)c1. The van der Waals surface area contributed by atoms with E-state index in [2.05, 4.69) is 4.98 Å². The first kappa shape index (κ1) is 18.8. The van der Waals surface area contributed by atoms with E-state index in [9.17, 15) is 0 Å². The number of nitrogens with two attached hydrogens (primary N) is 1. The number of benzene rings is 2. The molecule has 0 saturated carbocycles. The van der Waals surface area contributed by atoms with Gasteiger partial charge in [0.25, 0.3) is 0 Å². The van der Waals surface area contributed by atoms with Gasteiger partial charge in [0.15, 0.2) is 0 Å². The van der Waals surface area contributed by atoms with Crippen molar-refractivity contribution in [1.82, 2.24) is 4.98 Å². The van der Waals surface area contributed by atoms with Gasteiger partial charge in [-0.3, -0.25) is 10.4 Å². The fourth-order valence-corrected chi connectivity index (χ4v) is 2.97. The Hall–Kier alpha value is -2.96. The van der Waals surface area contributed by atoms with Gasteiger partial charge in [-0.25, -0.2) is 15.2 Å². The van der Waals surface area contributed by atoms with Gasteiger partial charge in [0.05, 0.1) is 12.7 Å². The van der Waals surface area contributed by atoms with E-state index in [1.807, 2.05) is 0 Å². The van der Waals surface area contributed by atoms with Crippen molar-refractivity contribution >= 4 is 23.8 Å². The molecule has 3 aromatic rings. The summed E-state index contributed by atoms with van der Waals surface area (Å²) in [6.45, 7) is 0. The molecule has 0 bridgehead atoms. The lowest BCUT2D eigenvalue weighted by atomic mass is 9.97. The highest BCUT2D eigenvalue weighted by Gasteiger charge is 2.17. The number of pyridine rings is 1. The highest BCUT2D eigenvalue weighted by atomic mass is 35.5. The van der Waals surface area contributed by atoms with Crippen LogP contribution >= 0.6 is 11.6 Å². The zero-order valence-electron chi connectivity index (χ0n) is 14.6. The number of aromatic nitrogens is 1. The van der Waals surface area contributed by atoms with Crippen molar-refractivity contribution in [3.63, 3.8) is 0 Å². The monoisotopic (exact) mass is 384 g/mol. The summed E-state index contributed by atoms with van der Waals surface area (Å²) in [4.78, 5) is 4.19. The first-order valence-corrected chi connectivity index (χ1v) is 8.52. The van der Waals surface area contributed by atoms with Crippen LogP contribution in [0.25, 0.3) is 11.1 Å². The molecule has 0 aliphatic heterocycles. The first-order valence-electron chi connectivity index (χ1n) is 8.14. The summed E-state index contributed by atoms with van der Waals surface area (Å²) in [5, 5.41) is 8.75. The zero-order chi connectivity index (χ0) is 19.4. The summed E-state index contributed by atoms with van der Waals surface area (Å²) in [6.07, 6.45) is 2.93. The van der Waals surface area contributed by atoms with Gasteiger partial charge >= 0.3 is 0 Å². The van der Waals surface area contributed by atoms with E-state index < -0.39 is 0 Å². The van der Waals surface area contributed by atoms with Crippen LogP contribution in [0.15, 0.2) is 54.7 Å². The Kier molecular flexibility index (Phi) is 5.69. The molecule has 5 nitrogen and oxygen atoms in total. The lowest BCUT2D eigenvalue weighted by Crippen LogP contribution is -2.29. The van der Waals surface area contributed by atoms with Crippen molar-refractivity contribution < 1.29 is 9.13 Å². The molecule has 3 rings (SSSR count). The van der Waals surface area contributed by atoms with Gasteiger partial charge in [0.2, 0.25) is 0 Å². The van der Waals surface area contributed by atoms with E-state index in [4.69, 9.17) is 27.6 Å². The summed E-state index contributed by atoms with van der Waals surface area (Å²) < 4.78 is 20.6. The number of nitrogens with one attached hydrogen (secondary N) is 1. The van der Waals surface area contributed by atoms with Crippen LogP contribution in [0.5, 0.6) is 5.75 Å². The number of nitrogens with zero attached hydrogens (tertiary/aromatic N) is 2. The minimum absolute atomic E-state index is 0.353. The standard InChI is InChI=1S/C20H18ClFN4O/c1-27-17-7-6-15(9-13-5-8-18(25-11-13)26(24)12-23)20(22)19(17)14-3-2-4-16(21)10-14/h2-8,10-12,23H,9,24H2,1H3. The molecule has 2 aromatic carbocycles. The van der Waals surface area contributed by atoms with Gasteiger partial charge in [-0.15, -0.1) is 0 Å². The Morgan fingerprint density at radius 1 is 1.26 bits per heavy atom. The molecule has 7 heteroatoms. The lowest BCUT2D eigenvalue weighted by Gasteiger charge is -2.14. The molecule has 1 aromatic heterocycles. The topological polar surface area (TPSA) is 75.2 Å². The number of hydrazine groups is 1. The molecule has 0 amide bonds. The summed E-state index contributed by atoms with van der Waals surface area (Å²) in [5.74, 6) is 6.11. The minimum Gasteiger partial charge on any atom is -0.496 e. The van der Waals surface area contributed by atoms with Crippen molar-refractivity contribution in [1.29, 1.82) is 5.41 Å². The third-order valence-corrected chi connectivity index (χ3v) is 4.36. The van der Waals surface area contributed by atoms with Crippen molar-refractivity contribution in [2.45, 2.75) is 6.42 Å². The largest absolute Gasteiger partial charge is 0.496 e. The molecule has 0 aliphatic carbocycles. The van der Waals surface area contributed by atoms with E-state index >= 15 is 4.39 Å². The average molecular weight is 385 g/mol. The Morgan fingerprint density at radius 2 is 2.07 bits per heavy atom. The Labute approximate surface area is 161 Å².